The van der Waals surface area contributed by atoms with E-state index in [1.165, 1.54) is 11.8 Å². The highest BCUT2D eigenvalue weighted by Crippen LogP contribution is 2.35. The molecule has 3 aromatic rings. The van der Waals surface area contributed by atoms with E-state index in [-0.39, 0.29) is 17.3 Å². The second kappa shape index (κ2) is 9.06. The Balaban J connectivity index is 1.38. The molecule has 0 bridgehead atoms. The van der Waals surface area contributed by atoms with Gasteiger partial charge in [0.15, 0.2) is 0 Å². The highest BCUT2D eigenvalue weighted by molar-refractivity contribution is 7.91. The third kappa shape index (κ3) is 4.92. The van der Waals surface area contributed by atoms with Gasteiger partial charge in [-0.15, -0.1) is 0 Å². The number of hydrogen-bond acceptors (Lipinski definition) is 5. The molecule has 0 radical (unpaired) electrons. The number of piperidine rings is 1. The van der Waals surface area contributed by atoms with Crippen molar-refractivity contribution in [2.45, 2.75) is 31.6 Å². The first-order chi connectivity index (χ1) is 15.9. The molecule has 2 saturated heterocycles. The minimum atomic E-state index is -2.87. The van der Waals surface area contributed by atoms with Crippen LogP contribution in [-0.2, 0) is 9.84 Å². The number of sulfone groups is 1. The average molecular weight is 471 g/mol. The Morgan fingerprint density at radius 1 is 1.09 bits per heavy atom. The molecular weight excluding hydrogens is 439 g/mol. The van der Waals surface area contributed by atoms with Gasteiger partial charge in [0.05, 0.1) is 11.5 Å². The van der Waals surface area contributed by atoms with E-state index in [1.807, 2.05) is 12.1 Å². The van der Waals surface area contributed by atoms with Gasteiger partial charge < -0.3 is 15.2 Å². The van der Waals surface area contributed by atoms with Crippen molar-refractivity contribution in [2.75, 3.05) is 43.5 Å². The number of rotatable bonds is 5. The number of anilines is 1. The fourth-order valence-electron chi connectivity index (χ4n) is 5.07. The number of halogens is 1. The van der Waals surface area contributed by atoms with Gasteiger partial charge in [0.2, 0.25) is 0 Å². The van der Waals surface area contributed by atoms with E-state index in [0.29, 0.717) is 36.8 Å². The van der Waals surface area contributed by atoms with Gasteiger partial charge in [-0.05, 0) is 87.6 Å². The molecule has 2 aliphatic rings. The highest BCUT2D eigenvalue weighted by atomic mass is 32.2. The predicted octanol–water partition coefficient (Wildman–Crippen LogP) is 4.41. The molecule has 176 valence electrons. The molecule has 0 spiro atoms. The first-order valence-electron chi connectivity index (χ1n) is 11.8. The van der Waals surface area contributed by atoms with Crippen molar-refractivity contribution in [3.05, 3.63) is 48.0 Å². The summed E-state index contributed by atoms with van der Waals surface area (Å²) < 4.78 is 38.3. The lowest BCUT2D eigenvalue weighted by Crippen LogP contribution is -2.29. The summed E-state index contributed by atoms with van der Waals surface area (Å²) in [5, 5.41) is 4.34. The minimum Gasteiger partial charge on any atom is -0.385 e. The van der Waals surface area contributed by atoms with E-state index in [2.05, 4.69) is 33.3 Å². The zero-order chi connectivity index (χ0) is 23.0. The first kappa shape index (κ1) is 22.3. The maximum Gasteiger partial charge on any atom is 0.150 e. The number of benzene rings is 1. The van der Waals surface area contributed by atoms with Crippen molar-refractivity contribution in [3.63, 3.8) is 0 Å². The van der Waals surface area contributed by atoms with Crippen molar-refractivity contribution < 1.29 is 12.8 Å². The largest absolute Gasteiger partial charge is 0.385 e. The Morgan fingerprint density at radius 2 is 1.85 bits per heavy atom. The number of H-pyrrole nitrogens is 1. The van der Waals surface area contributed by atoms with E-state index in [4.69, 9.17) is 0 Å². The van der Waals surface area contributed by atoms with Gasteiger partial charge in [-0.1, -0.05) is 0 Å². The van der Waals surface area contributed by atoms with Crippen molar-refractivity contribution in [3.8, 4) is 11.1 Å². The Hall–Kier alpha value is -2.45. The molecule has 2 aliphatic heterocycles. The normalized spacial score (nSPS) is 20.3. The lowest BCUT2D eigenvalue weighted by atomic mass is 9.93. The molecule has 5 rings (SSSR count). The second-order valence-electron chi connectivity index (χ2n) is 9.59. The SMILES string of the molecule is CN1CCC(c2cc3c(-c4cc(NCC5CCS(=O)(=O)CC5)ccc4F)ccnc3[nH]2)CC1. The van der Waals surface area contributed by atoms with Gasteiger partial charge in [-0.25, -0.2) is 17.8 Å². The Kier molecular flexibility index (Phi) is 6.14. The molecular formula is C25H31FN4O2S. The fourth-order valence-corrected chi connectivity index (χ4v) is 6.66. The summed E-state index contributed by atoms with van der Waals surface area (Å²) in [6, 6.07) is 9.13. The number of aromatic amines is 1. The van der Waals surface area contributed by atoms with Crippen LogP contribution >= 0.6 is 0 Å². The number of hydrogen-bond donors (Lipinski definition) is 2. The summed E-state index contributed by atoms with van der Waals surface area (Å²) >= 11 is 0. The summed E-state index contributed by atoms with van der Waals surface area (Å²) in [6.07, 6.45) is 5.30. The van der Waals surface area contributed by atoms with E-state index in [9.17, 15) is 12.8 Å². The predicted molar refractivity (Wildman–Crippen MR) is 131 cm³/mol. The molecule has 8 heteroatoms. The van der Waals surface area contributed by atoms with Crippen LogP contribution in [0.5, 0.6) is 0 Å². The van der Waals surface area contributed by atoms with Crippen molar-refractivity contribution >= 4 is 26.6 Å². The van der Waals surface area contributed by atoms with Crippen LogP contribution in [-0.4, -0.2) is 61.5 Å². The summed E-state index contributed by atoms with van der Waals surface area (Å²) in [7, 11) is -0.712. The number of nitrogens with one attached hydrogen (secondary N) is 2. The van der Waals surface area contributed by atoms with Crippen LogP contribution in [0.15, 0.2) is 36.5 Å². The summed E-state index contributed by atoms with van der Waals surface area (Å²) in [6.45, 7) is 2.85. The Morgan fingerprint density at radius 3 is 2.61 bits per heavy atom. The Bertz CT molecular complexity index is 1230. The molecule has 0 amide bonds. The van der Waals surface area contributed by atoms with E-state index >= 15 is 0 Å². The molecule has 0 aliphatic carbocycles. The quantitative estimate of drug-likeness (QED) is 0.577. The maximum absolute atomic E-state index is 14.9. The van der Waals surface area contributed by atoms with E-state index in [1.54, 1.807) is 12.3 Å². The molecule has 0 atom stereocenters. The third-order valence-corrected chi connectivity index (χ3v) is 8.95. The van der Waals surface area contributed by atoms with Crippen LogP contribution in [0, 0.1) is 11.7 Å². The number of aromatic nitrogens is 2. The number of nitrogens with zero attached hydrogens (tertiary/aromatic N) is 2. The molecule has 1 aromatic carbocycles. The second-order valence-corrected chi connectivity index (χ2v) is 11.9. The lowest BCUT2D eigenvalue weighted by molar-refractivity contribution is 0.254. The molecule has 0 unspecified atom stereocenters. The molecule has 0 saturated carbocycles. The fraction of sp³-hybridized carbons (Fsp3) is 0.480. The summed E-state index contributed by atoms with van der Waals surface area (Å²) in [5.41, 5.74) is 4.20. The van der Waals surface area contributed by atoms with Gasteiger partial charge in [0.1, 0.15) is 21.3 Å². The molecule has 2 fully saturated rings. The van der Waals surface area contributed by atoms with Crippen LogP contribution in [0.25, 0.3) is 22.2 Å². The van der Waals surface area contributed by atoms with Crippen molar-refractivity contribution in [2.24, 2.45) is 5.92 Å². The zero-order valence-electron chi connectivity index (χ0n) is 19.0. The van der Waals surface area contributed by atoms with Crippen LogP contribution < -0.4 is 5.32 Å². The summed E-state index contributed by atoms with van der Waals surface area (Å²) in [4.78, 5) is 10.3. The van der Waals surface area contributed by atoms with Gasteiger partial charge in [-0.2, -0.15) is 0 Å². The van der Waals surface area contributed by atoms with Gasteiger partial charge in [0, 0.05) is 41.0 Å². The van der Waals surface area contributed by atoms with Crippen LogP contribution in [0.3, 0.4) is 0 Å². The maximum atomic E-state index is 14.9. The molecule has 33 heavy (non-hydrogen) atoms. The smallest absolute Gasteiger partial charge is 0.150 e. The third-order valence-electron chi connectivity index (χ3n) is 7.24. The molecule has 2 aromatic heterocycles. The standard InChI is InChI=1S/C25H31FN4O2S/c1-30-10-5-18(6-11-30)24-15-22-20(4-9-27-25(22)29-24)21-14-19(2-3-23(21)26)28-16-17-7-12-33(31,32)13-8-17/h2-4,9,14-15,17-18,28H,5-8,10-13,16H2,1H3,(H,27,29). The van der Waals surface area contributed by atoms with Crippen LogP contribution in [0.1, 0.15) is 37.3 Å². The molecule has 6 nitrogen and oxygen atoms in total. The zero-order valence-corrected chi connectivity index (χ0v) is 19.8. The number of likely N-dealkylation sites (tertiary alicyclic amines) is 1. The highest BCUT2D eigenvalue weighted by Gasteiger charge is 2.24. The molecule has 2 N–H and O–H groups in total. The monoisotopic (exact) mass is 470 g/mol. The van der Waals surface area contributed by atoms with Gasteiger partial charge in [-0.3, -0.25) is 0 Å². The van der Waals surface area contributed by atoms with E-state index in [0.717, 1.165) is 48.2 Å². The van der Waals surface area contributed by atoms with Crippen LogP contribution in [0.2, 0.25) is 0 Å². The molecule has 4 heterocycles. The topological polar surface area (TPSA) is 78.1 Å². The minimum absolute atomic E-state index is 0.260. The van der Waals surface area contributed by atoms with E-state index < -0.39 is 9.84 Å². The van der Waals surface area contributed by atoms with Crippen molar-refractivity contribution in [1.29, 1.82) is 0 Å². The van der Waals surface area contributed by atoms with Gasteiger partial charge >= 0.3 is 0 Å². The Labute approximate surface area is 194 Å². The van der Waals surface area contributed by atoms with Crippen LogP contribution in [0.4, 0.5) is 10.1 Å². The summed E-state index contributed by atoms with van der Waals surface area (Å²) in [5.74, 6) is 1.04. The first-order valence-corrected chi connectivity index (χ1v) is 13.6. The van der Waals surface area contributed by atoms with Crippen molar-refractivity contribution in [1.82, 2.24) is 14.9 Å². The average Bonchev–Trinajstić information content (AvgIpc) is 3.24. The lowest BCUT2D eigenvalue weighted by Gasteiger charge is -2.28. The number of pyridine rings is 1. The van der Waals surface area contributed by atoms with Gasteiger partial charge in [0.25, 0.3) is 0 Å². The number of fused-ring (bicyclic) bond motifs is 1.